The Kier molecular flexibility index (Phi) is 16.1. The third kappa shape index (κ3) is 12.7. The Hall–Kier alpha value is -8.46. The third-order valence-electron chi connectivity index (χ3n) is 10.6. The molecule has 70 heavy (non-hydrogen) atoms. The van der Waals surface area contributed by atoms with Crippen LogP contribution in [-0.2, 0) is 35.9 Å². The Labute approximate surface area is 412 Å². The third-order valence-corrected chi connectivity index (χ3v) is 12.8. The van der Waals surface area contributed by atoms with Gasteiger partial charge in [0.25, 0.3) is 5.69 Å². The molecule has 0 saturated carbocycles. The number of esters is 2. The number of nitrogens with zero attached hydrogens (tertiary/aromatic N) is 1. The van der Waals surface area contributed by atoms with Crippen LogP contribution in [0.1, 0.15) is 52.0 Å². The van der Waals surface area contributed by atoms with Crippen molar-refractivity contribution >= 4 is 62.7 Å². The predicted molar refractivity (Wildman–Crippen MR) is 274 cm³/mol. The van der Waals surface area contributed by atoms with Gasteiger partial charge in [-0.05, 0) is 70.8 Å². The Morgan fingerprint density at radius 1 is 0.543 bits per heavy atom. The van der Waals surface area contributed by atoms with Crippen molar-refractivity contribution in [1.29, 1.82) is 0 Å². The highest BCUT2D eigenvalue weighted by Crippen LogP contribution is 2.38. The van der Waals surface area contributed by atoms with Gasteiger partial charge in [0.15, 0.2) is 0 Å². The van der Waals surface area contributed by atoms with E-state index < -0.39 is 10.9 Å². The molecule has 352 valence electrons. The molecule has 0 atom stereocenters. The first-order chi connectivity index (χ1) is 34.2. The summed E-state index contributed by atoms with van der Waals surface area (Å²) in [6, 6.07) is 56.1. The molecular weight excluding hydrogens is 925 g/mol. The van der Waals surface area contributed by atoms with Crippen LogP contribution >= 0.6 is 22.7 Å². The standard InChI is InChI=1S/C28H23NO6S.C28H23NO4S/c1-33-28(30)27-17-24(29(31)32)26(36-27)15-13-22-12-14-23(34-18-20-8-4-2-5-9-20)16-25(22)35-19-21-10-6-3-7-11-21;1-31-28(30)27-16-24-26(34-27)15-23(29-24)22-13-12-21(32-17-19-8-4-2-5-9-19)14-25(22)33-18-20-10-6-3-7-11-20/h2-17H,18-19H2,1H3;2-16,29H,17-18H2,1H3/b15-13+;. The maximum atomic E-state index is 11.9. The number of ether oxygens (including phenoxy) is 6. The lowest BCUT2D eigenvalue weighted by atomic mass is 10.1. The maximum Gasteiger partial charge on any atom is 0.348 e. The van der Waals surface area contributed by atoms with Crippen molar-refractivity contribution in [1.82, 2.24) is 4.98 Å². The van der Waals surface area contributed by atoms with Crippen LogP contribution in [0.4, 0.5) is 5.69 Å². The van der Waals surface area contributed by atoms with Gasteiger partial charge in [-0.1, -0.05) is 121 Å². The van der Waals surface area contributed by atoms with E-state index in [-0.39, 0.29) is 16.5 Å². The van der Waals surface area contributed by atoms with Crippen LogP contribution < -0.4 is 18.9 Å². The van der Waals surface area contributed by atoms with E-state index in [9.17, 15) is 19.7 Å². The van der Waals surface area contributed by atoms with E-state index in [1.165, 1.54) is 31.6 Å². The molecular formula is C56H46N2O10S2. The van der Waals surface area contributed by atoms with Crippen molar-refractivity contribution in [2.75, 3.05) is 14.2 Å². The second-order valence-electron chi connectivity index (χ2n) is 15.5. The van der Waals surface area contributed by atoms with Gasteiger partial charge in [0.05, 0.1) is 35.1 Å². The fourth-order valence-electron chi connectivity index (χ4n) is 7.05. The second-order valence-corrected chi connectivity index (χ2v) is 17.6. The van der Waals surface area contributed by atoms with Crippen LogP contribution in [0.3, 0.4) is 0 Å². The first-order valence-corrected chi connectivity index (χ1v) is 23.6. The zero-order valence-corrected chi connectivity index (χ0v) is 39.7. The minimum Gasteiger partial charge on any atom is -0.489 e. The molecule has 0 fully saturated rings. The van der Waals surface area contributed by atoms with Gasteiger partial charge in [0, 0.05) is 29.3 Å². The van der Waals surface area contributed by atoms with Crippen LogP contribution in [-0.4, -0.2) is 36.1 Å². The summed E-state index contributed by atoms with van der Waals surface area (Å²) in [5.74, 6) is 1.70. The van der Waals surface area contributed by atoms with Crippen LogP contribution in [0.15, 0.2) is 176 Å². The molecule has 12 nitrogen and oxygen atoms in total. The number of methoxy groups -OCH3 is 2. The molecule has 1 N–H and O–H groups in total. The topological polar surface area (TPSA) is 148 Å². The van der Waals surface area contributed by atoms with Crippen LogP contribution in [0.5, 0.6) is 23.0 Å². The molecule has 0 aliphatic heterocycles. The maximum absolute atomic E-state index is 11.9. The number of nitrogens with one attached hydrogen (secondary N) is 1. The second kappa shape index (κ2) is 23.5. The lowest BCUT2D eigenvalue weighted by Gasteiger charge is -2.14. The summed E-state index contributed by atoms with van der Waals surface area (Å²) >= 11 is 2.40. The van der Waals surface area contributed by atoms with E-state index in [0.29, 0.717) is 53.2 Å². The normalized spacial score (nSPS) is 10.8. The summed E-state index contributed by atoms with van der Waals surface area (Å²) in [5.41, 5.74) is 7.49. The number of fused-ring (bicyclic) bond motifs is 1. The summed E-state index contributed by atoms with van der Waals surface area (Å²) < 4.78 is 34.9. The molecule has 0 aliphatic rings. The van der Waals surface area contributed by atoms with Crippen molar-refractivity contribution < 1.29 is 42.9 Å². The Bertz CT molecular complexity index is 3170. The number of carbonyl (C=O) groups excluding carboxylic acids is 2. The van der Waals surface area contributed by atoms with E-state index in [1.54, 1.807) is 18.2 Å². The van der Waals surface area contributed by atoms with Crippen LogP contribution in [0.25, 0.3) is 33.6 Å². The number of nitro groups is 1. The van der Waals surface area contributed by atoms with E-state index in [4.69, 9.17) is 28.4 Å². The van der Waals surface area contributed by atoms with Crippen molar-refractivity contribution in [2.45, 2.75) is 26.4 Å². The average Bonchev–Trinajstić information content (AvgIpc) is 4.14. The number of H-pyrrole nitrogens is 1. The highest BCUT2D eigenvalue weighted by atomic mass is 32.1. The Balaban J connectivity index is 0.000000188. The molecule has 3 aromatic heterocycles. The molecule has 0 aliphatic carbocycles. The van der Waals surface area contributed by atoms with E-state index in [0.717, 1.165) is 66.6 Å². The summed E-state index contributed by atoms with van der Waals surface area (Å²) in [5, 5.41) is 11.5. The summed E-state index contributed by atoms with van der Waals surface area (Å²) in [6.07, 6.45) is 3.33. The Morgan fingerprint density at radius 2 is 1.01 bits per heavy atom. The molecule has 3 heterocycles. The molecule has 0 radical (unpaired) electrons. The molecule has 0 unspecified atom stereocenters. The largest absolute Gasteiger partial charge is 0.489 e. The van der Waals surface area contributed by atoms with Crippen molar-refractivity contribution in [2.24, 2.45) is 0 Å². The van der Waals surface area contributed by atoms with Crippen molar-refractivity contribution in [3.8, 4) is 34.3 Å². The monoisotopic (exact) mass is 970 g/mol. The number of benzene rings is 6. The zero-order chi connectivity index (χ0) is 48.7. The highest BCUT2D eigenvalue weighted by Gasteiger charge is 2.22. The molecule has 9 rings (SSSR count). The number of hydrogen-bond acceptors (Lipinski definition) is 12. The zero-order valence-electron chi connectivity index (χ0n) is 38.1. The average molecular weight is 971 g/mol. The molecule has 6 aromatic carbocycles. The SMILES string of the molecule is COC(=O)c1cc([N+](=O)[O-])c(/C=C/c2ccc(OCc3ccccc3)cc2OCc2ccccc2)s1.COC(=O)c1cc2[nH]c(-c3ccc(OCc4ccccc4)cc3OCc3ccccc3)cc2s1. The lowest BCUT2D eigenvalue weighted by molar-refractivity contribution is -0.384. The number of hydrogen-bond donors (Lipinski definition) is 1. The van der Waals surface area contributed by atoms with Crippen LogP contribution in [0, 0.1) is 10.1 Å². The number of aromatic amines is 1. The molecule has 14 heteroatoms. The molecule has 0 saturated heterocycles. The van der Waals surface area contributed by atoms with Gasteiger partial charge in [-0.25, -0.2) is 9.59 Å². The quantitative estimate of drug-likeness (QED) is 0.0500. The predicted octanol–water partition coefficient (Wildman–Crippen LogP) is 13.6. The van der Waals surface area contributed by atoms with E-state index in [2.05, 4.69) is 4.98 Å². The summed E-state index contributed by atoms with van der Waals surface area (Å²) in [4.78, 5) is 39.2. The molecule has 0 bridgehead atoms. The van der Waals surface area contributed by atoms with E-state index in [1.807, 2.05) is 164 Å². The summed E-state index contributed by atoms with van der Waals surface area (Å²) in [7, 11) is 2.63. The fraction of sp³-hybridized carbons (Fsp3) is 0.107. The van der Waals surface area contributed by atoms with Gasteiger partial charge < -0.3 is 33.4 Å². The van der Waals surface area contributed by atoms with Gasteiger partial charge in [0.2, 0.25) is 0 Å². The van der Waals surface area contributed by atoms with Crippen LogP contribution in [0.2, 0.25) is 0 Å². The number of aromatic nitrogens is 1. The van der Waals surface area contributed by atoms with Gasteiger partial charge in [-0.2, -0.15) is 0 Å². The first-order valence-electron chi connectivity index (χ1n) is 21.9. The van der Waals surface area contributed by atoms with Gasteiger partial charge in [-0.3, -0.25) is 10.1 Å². The molecule has 0 spiro atoms. The Morgan fingerprint density at radius 3 is 1.51 bits per heavy atom. The first kappa shape index (κ1) is 48.0. The lowest BCUT2D eigenvalue weighted by Crippen LogP contribution is -1.99. The van der Waals surface area contributed by atoms with Crippen molar-refractivity contribution in [3.05, 3.63) is 228 Å². The minimum absolute atomic E-state index is 0.161. The number of rotatable bonds is 18. The fourth-order valence-corrected chi connectivity index (χ4v) is 8.97. The number of thiophene rings is 2. The van der Waals surface area contributed by atoms with Gasteiger partial charge in [-0.15, -0.1) is 22.7 Å². The minimum atomic E-state index is -0.616. The highest BCUT2D eigenvalue weighted by molar-refractivity contribution is 7.20. The van der Waals surface area contributed by atoms with Gasteiger partial charge in [0.1, 0.15) is 64.1 Å². The van der Waals surface area contributed by atoms with Crippen molar-refractivity contribution in [3.63, 3.8) is 0 Å². The van der Waals surface area contributed by atoms with E-state index >= 15 is 0 Å². The molecule has 0 amide bonds. The molecule has 9 aromatic rings. The summed E-state index contributed by atoms with van der Waals surface area (Å²) in [6.45, 7) is 1.67. The number of carbonyl (C=O) groups is 2. The smallest absolute Gasteiger partial charge is 0.348 e. The van der Waals surface area contributed by atoms with Gasteiger partial charge >= 0.3 is 11.9 Å².